The summed E-state index contributed by atoms with van der Waals surface area (Å²) in [5.74, 6) is 0. The molecule has 12 heavy (non-hydrogen) atoms. The smallest absolute Gasteiger partial charge is 0.0248 e. The molecule has 1 heterocycles. The highest BCUT2D eigenvalue weighted by molar-refractivity contribution is 4.91. The maximum absolute atomic E-state index is 2.56. The van der Waals surface area contributed by atoms with Crippen molar-refractivity contribution in [2.24, 2.45) is 0 Å². The van der Waals surface area contributed by atoms with Gasteiger partial charge in [-0.15, -0.1) is 0 Å². The van der Waals surface area contributed by atoms with Crippen LogP contribution in [0.4, 0.5) is 0 Å². The fraction of sp³-hybridized carbons (Fsp3) is 1.00. The van der Waals surface area contributed by atoms with E-state index in [0.717, 1.165) is 12.1 Å². The molecule has 0 bridgehead atoms. The van der Waals surface area contributed by atoms with Crippen molar-refractivity contribution in [2.75, 3.05) is 27.2 Å². The van der Waals surface area contributed by atoms with Crippen LogP contribution in [0.15, 0.2) is 0 Å². The van der Waals surface area contributed by atoms with E-state index in [1.165, 1.54) is 38.8 Å². The SMILES string of the molecule is CN1CCN(C)C2CCCCC21. The molecule has 2 unspecified atom stereocenters. The Labute approximate surface area is 75.5 Å². The quantitative estimate of drug-likeness (QED) is 0.536. The minimum atomic E-state index is 0.859. The number of likely N-dealkylation sites (N-methyl/N-ethyl adjacent to an activating group) is 2. The minimum Gasteiger partial charge on any atom is -0.301 e. The maximum atomic E-state index is 2.56. The Balaban J connectivity index is 2.05. The van der Waals surface area contributed by atoms with Gasteiger partial charge in [-0.2, -0.15) is 0 Å². The lowest BCUT2D eigenvalue weighted by molar-refractivity contribution is 0.0263. The summed E-state index contributed by atoms with van der Waals surface area (Å²) in [7, 11) is 4.58. The summed E-state index contributed by atoms with van der Waals surface area (Å²) in [5, 5.41) is 0. The Morgan fingerprint density at radius 3 is 1.67 bits per heavy atom. The molecule has 70 valence electrons. The van der Waals surface area contributed by atoms with Gasteiger partial charge in [0.05, 0.1) is 0 Å². The van der Waals surface area contributed by atoms with Crippen LogP contribution < -0.4 is 0 Å². The van der Waals surface area contributed by atoms with Crippen molar-refractivity contribution in [1.29, 1.82) is 0 Å². The standard InChI is InChI=1S/C10H20N2/c1-11-7-8-12(2)10-6-4-3-5-9(10)11/h9-10H,3-8H2,1-2H3. The van der Waals surface area contributed by atoms with E-state index in [1.54, 1.807) is 0 Å². The van der Waals surface area contributed by atoms with E-state index >= 15 is 0 Å². The van der Waals surface area contributed by atoms with Gasteiger partial charge in [-0.1, -0.05) is 12.8 Å². The monoisotopic (exact) mass is 168 g/mol. The molecule has 0 aromatic rings. The second kappa shape index (κ2) is 3.35. The fourth-order valence-corrected chi connectivity index (χ4v) is 2.77. The molecule has 2 nitrogen and oxygen atoms in total. The third-order valence-corrected chi connectivity index (χ3v) is 3.63. The molecule has 0 aromatic carbocycles. The molecule has 2 aliphatic rings. The predicted octanol–water partition coefficient (Wildman–Crippen LogP) is 1.17. The Morgan fingerprint density at radius 1 is 0.833 bits per heavy atom. The van der Waals surface area contributed by atoms with E-state index in [9.17, 15) is 0 Å². The van der Waals surface area contributed by atoms with Gasteiger partial charge >= 0.3 is 0 Å². The van der Waals surface area contributed by atoms with Gasteiger partial charge in [0.1, 0.15) is 0 Å². The third-order valence-electron chi connectivity index (χ3n) is 3.63. The van der Waals surface area contributed by atoms with Gasteiger partial charge in [0.25, 0.3) is 0 Å². The maximum Gasteiger partial charge on any atom is 0.0248 e. The highest BCUT2D eigenvalue weighted by atomic mass is 15.3. The molecule has 0 amide bonds. The number of nitrogens with zero attached hydrogens (tertiary/aromatic N) is 2. The molecule has 0 spiro atoms. The zero-order valence-electron chi connectivity index (χ0n) is 8.29. The third kappa shape index (κ3) is 1.38. The summed E-state index contributed by atoms with van der Waals surface area (Å²) < 4.78 is 0. The lowest BCUT2D eigenvalue weighted by Crippen LogP contribution is -2.57. The van der Waals surface area contributed by atoms with Gasteiger partial charge < -0.3 is 9.80 Å². The second-order valence-electron chi connectivity index (χ2n) is 4.38. The molecule has 1 saturated carbocycles. The van der Waals surface area contributed by atoms with Gasteiger partial charge in [0, 0.05) is 25.2 Å². The van der Waals surface area contributed by atoms with E-state index in [0.29, 0.717) is 0 Å². The zero-order chi connectivity index (χ0) is 8.55. The van der Waals surface area contributed by atoms with Crippen LogP contribution in [0.2, 0.25) is 0 Å². The molecule has 0 radical (unpaired) electrons. The van der Waals surface area contributed by atoms with Crippen molar-refractivity contribution in [2.45, 2.75) is 37.8 Å². The number of hydrogen-bond acceptors (Lipinski definition) is 2. The molecule has 1 aliphatic carbocycles. The number of hydrogen-bond donors (Lipinski definition) is 0. The van der Waals surface area contributed by atoms with Crippen molar-refractivity contribution in [3.05, 3.63) is 0 Å². The summed E-state index contributed by atoms with van der Waals surface area (Å²) in [6.45, 7) is 2.52. The van der Waals surface area contributed by atoms with Crippen LogP contribution in [-0.4, -0.2) is 49.1 Å². The Bertz CT molecular complexity index is 140. The number of rotatable bonds is 0. The summed E-state index contributed by atoms with van der Waals surface area (Å²) in [4.78, 5) is 5.12. The fourth-order valence-electron chi connectivity index (χ4n) is 2.77. The molecule has 0 aromatic heterocycles. The Morgan fingerprint density at radius 2 is 1.25 bits per heavy atom. The van der Waals surface area contributed by atoms with E-state index in [1.807, 2.05) is 0 Å². The second-order valence-corrected chi connectivity index (χ2v) is 4.38. The molecular weight excluding hydrogens is 148 g/mol. The molecule has 2 fully saturated rings. The first kappa shape index (κ1) is 8.52. The van der Waals surface area contributed by atoms with Crippen molar-refractivity contribution in [1.82, 2.24) is 9.80 Å². The molecule has 2 atom stereocenters. The summed E-state index contributed by atoms with van der Waals surface area (Å²) in [5.41, 5.74) is 0. The highest BCUT2D eigenvalue weighted by Crippen LogP contribution is 2.28. The van der Waals surface area contributed by atoms with E-state index < -0.39 is 0 Å². The largest absolute Gasteiger partial charge is 0.301 e. The van der Waals surface area contributed by atoms with E-state index in [2.05, 4.69) is 23.9 Å². The zero-order valence-corrected chi connectivity index (χ0v) is 8.29. The molecule has 2 heteroatoms. The van der Waals surface area contributed by atoms with Crippen LogP contribution in [0, 0.1) is 0 Å². The van der Waals surface area contributed by atoms with Gasteiger partial charge in [0.15, 0.2) is 0 Å². The average Bonchev–Trinajstić information content (AvgIpc) is 2.12. The van der Waals surface area contributed by atoms with Gasteiger partial charge in [-0.05, 0) is 26.9 Å². The van der Waals surface area contributed by atoms with Crippen molar-refractivity contribution >= 4 is 0 Å². The van der Waals surface area contributed by atoms with Crippen LogP contribution in [0.1, 0.15) is 25.7 Å². The minimum absolute atomic E-state index is 0.859. The average molecular weight is 168 g/mol. The predicted molar refractivity (Wildman–Crippen MR) is 51.3 cm³/mol. The number of fused-ring (bicyclic) bond motifs is 1. The molecule has 1 aliphatic heterocycles. The summed E-state index contributed by atoms with van der Waals surface area (Å²) in [6, 6.07) is 1.72. The van der Waals surface area contributed by atoms with Crippen LogP contribution in [0.25, 0.3) is 0 Å². The van der Waals surface area contributed by atoms with Gasteiger partial charge in [0.2, 0.25) is 0 Å². The van der Waals surface area contributed by atoms with Gasteiger partial charge in [-0.25, -0.2) is 0 Å². The number of piperazine rings is 1. The lowest BCUT2D eigenvalue weighted by Gasteiger charge is -2.47. The van der Waals surface area contributed by atoms with E-state index in [4.69, 9.17) is 0 Å². The first-order chi connectivity index (χ1) is 5.79. The highest BCUT2D eigenvalue weighted by Gasteiger charge is 2.34. The molecule has 2 rings (SSSR count). The van der Waals surface area contributed by atoms with Crippen LogP contribution >= 0.6 is 0 Å². The first-order valence-electron chi connectivity index (χ1n) is 5.19. The topological polar surface area (TPSA) is 6.48 Å². The first-order valence-corrected chi connectivity index (χ1v) is 5.19. The van der Waals surface area contributed by atoms with Crippen LogP contribution in [0.3, 0.4) is 0 Å². The van der Waals surface area contributed by atoms with Crippen LogP contribution in [0.5, 0.6) is 0 Å². The molecule has 0 N–H and O–H groups in total. The Hall–Kier alpha value is -0.0800. The van der Waals surface area contributed by atoms with Crippen LogP contribution in [-0.2, 0) is 0 Å². The summed E-state index contributed by atoms with van der Waals surface area (Å²) in [6.07, 6.45) is 5.73. The van der Waals surface area contributed by atoms with Crippen molar-refractivity contribution in [3.63, 3.8) is 0 Å². The van der Waals surface area contributed by atoms with E-state index in [-0.39, 0.29) is 0 Å². The van der Waals surface area contributed by atoms with Crippen molar-refractivity contribution < 1.29 is 0 Å². The summed E-state index contributed by atoms with van der Waals surface area (Å²) >= 11 is 0. The molecular formula is C10H20N2. The Kier molecular flexibility index (Phi) is 2.37. The van der Waals surface area contributed by atoms with Gasteiger partial charge in [-0.3, -0.25) is 0 Å². The van der Waals surface area contributed by atoms with Crippen molar-refractivity contribution in [3.8, 4) is 0 Å². The lowest BCUT2D eigenvalue weighted by atomic mass is 9.87. The normalized spacial score (nSPS) is 39.5. The molecule has 1 saturated heterocycles.